The summed E-state index contributed by atoms with van der Waals surface area (Å²) in [5.74, 6) is -3.83. The van der Waals surface area contributed by atoms with Crippen LogP contribution >= 0.6 is 11.8 Å². The van der Waals surface area contributed by atoms with Gasteiger partial charge in [-0.15, -0.1) is 11.8 Å². The molecular weight excluding hydrogens is 389 g/mol. The largest absolute Gasteiger partial charge is 0.485 e. The van der Waals surface area contributed by atoms with E-state index in [9.17, 15) is 22.0 Å². The standard InChI is InChI=1S/C17H14F5N3OS/c1-2-27-13-6-3-7-23-14(13)15-24-9-11-12(5-4-8-25(11)15)26-10-16(18,19)17(20,21)22/h3-9H,2,10H2,1H3. The minimum atomic E-state index is -5.68. The third-order valence-corrected chi connectivity index (χ3v) is 4.57. The molecule has 144 valence electrons. The van der Waals surface area contributed by atoms with Gasteiger partial charge in [-0.1, -0.05) is 6.92 Å². The molecular formula is C17H14F5N3OS. The van der Waals surface area contributed by atoms with Crippen LogP contribution in [0, 0.1) is 0 Å². The van der Waals surface area contributed by atoms with Crippen LogP contribution in [0.1, 0.15) is 6.92 Å². The highest BCUT2D eigenvalue weighted by Gasteiger charge is 2.58. The number of nitrogens with zero attached hydrogens (tertiary/aromatic N) is 3. The molecule has 0 N–H and O–H groups in total. The van der Waals surface area contributed by atoms with Crippen LogP contribution in [-0.2, 0) is 0 Å². The molecule has 0 amide bonds. The molecule has 3 aromatic rings. The molecule has 0 radical (unpaired) electrons. The van der Waals surface area contributed by atoms with Crippen LogP contribution in [0.2, 0.25) is 0 Å². The van der Waals surface area contributed by atoms with Gasteiger partial charge in [0.05, 0.1) is 6.20 Å². The smallest absolute Gasteiger partial charge is 0.456 e. The lowest BCUT2D eigenvalue weighted by Crippen LogP contribution is -2.41. The fourth-order valence-electron chi connectivity index (χ4n) is 2.37. The Balaban J connectivity index is 1.97. The Labute approximate surface area is 155 Å². The number of thioether (sulfide) groups is 1. The highest BCUT2D eigenvalue weighted by atomic mass is 32.2. The van der Waals surface area contributed by atoms with Crippen LogP contribution in [-0.4, -0.2) is 38.8 Å². The molecule has 0 bridgehead atoms. The van der Waals surface area contributed by atoms with E-state index in [2.05, 4.69) is 9.97 Å². The van der Waals surface area contributed by atoms with E-state index >= 15 is 0 Å². The van der Waals surface area contributed by atoms with Crippen molar-refractivity contribution in [2.24, 2.45) is 0 Å². The first-order valence-electron chi connectivity index (χ1n) is 7.86. The number of aromatic nitrogens is 3. The number of imidazole rings is 1. The van der Waals surface area contributed by atoms with Crippen LogP contribution in [0.3, 0.4) is 0 Å². The van der Waals surface area contributed by atoms with Crippen molar-refractivity contribution in [3.05, 3.63) is 42.9 Å². The summed E-state index contributed by atoms with van der Waals surface area (Å²) in [4.78, 5) is 9.46. The van der Waals surface area contributed by atoms with Crippen LogP contribution in [0.4, 0.5) is 22.0 Å². The van der Waals surface area contributed by atoms with Gasteiger partial charge in [-0.25, -0.2) is 4.98 Å². The number of rotatable bonds is 6. The Kier molecular flexibility index (Phi) is 5.27. The van der Waals surface area contributed by atoms with Gasteiger partial charge in [0, 0.05) is 17.3 Å². The summed E-state index contributed by atoms with van der Waals surface area (Å²) in [5, 5.41) is 0. The van der Waals surface area contributed by atoms with Crippen molar-refractivity contribution >= 4 is 17.3 Å². The van der Waals surface area contributed by atoms with Crippen molar-refractivity contribution in [1.82, 2.24) is 14.4 Å². The number of pyridine rings is 2. The third kappa shape index (κ3) is 3.85. The van der Waals surface area contributed by atoms with E-state index in [1.165, 1.54) is 18.3 Å². The number of hydrogen-bond acceptors (Lipinski definition) is 4. The summed E-state index contributed by atoms with van der Waals surface area (Å²) >= 11 is 1.56. The third-order valence-electron chi connectivity index (χ3n) is 3.64. The minimum absolute atomic E-state index is 0.124. The van der Waals surface area contributed by atoms with E-state index in [0.29, 0.717) is 11.5 Å². The highest BCUT2D eigenvalue weighted by Crippen LogP contribution is 2.36. The quantitative estimate of drug-likeness (QED) is 0.425. The zero-order chi connectivity index (χ0) is 19.7. The monoisotopic (exact) mass is 403 g/mol. The van der Waals surface area contributed by atoms with Crippen LogP contribution in [0.25, 0.3) is 17.0 Å². The number of halogens is 5. The average Bonchev–Trinajstić information content (AvgIpc) is 3.04. The second-order valence-corrected chi connectivity index (χ2v) is 6.79. The maximum Gasteiger partial charge on any atom is 0.456 e. The molecule has 3 heterocycles. The molecule has 0 saturated heterocycles. The molecule has 0 aromatic carbocycles. The molecule has 27 heavy (non-hydrogen) atoms. The van der Waals surface area contributed by atoms with Gasteiger partial charge >= 0.3 is 12.1 Å². The SMILES string of the molecule is CCSc1cccnc1-c1ncc2c(OCC(F)(F)C(F)(F)F)cccn12. The molecule has 0 aliphatic heterocycles. The predicted molar refractivity (Wildman–Crippen MR) is 91.3 cm³/mol. The van der Waals surface area contributed by atoms with Gasteiger partial charge in [-0.2, -0.15) is 22.0 Å². The van der Waals surface area contributed by atoms with E-state index in [0.717, 1.165) is 10.6 Å². The summed E-state index contributed by atoms with van der Waals surface area (Å²) in [6.45, 7) is 0.176. The number of ether oxygens (including phenoxy) is 1. The molecule has 10 heteroatoms. The van der Waals surface area contributed by atoms with Crippen molar-refractivity contribution in [3.63, 3.8) is 0 Å². The molecule has 0 atom stereocenters. The van der Waals surface area contributed by atoms with Crippen molar-refractivity contribution in [1.29, 1.82) is 0 Å². The van der Waals surface area contributed by atoms with Crippen LogP contribution in [0.15, 0.2) is 47.8 Å². The van der Waals surface area contributed by atoms with E-state index in [1.54, 1.807) is 34.6 Å². The summed E-state index contributed by atoms with van der Waals surface area (Å²) in [6, 6.07) is 6.45. The van der Waals surface area contributed by atoms with Gasteiger partial charge in [-0.3, -0.25) is 9.38 Å². The number of alkyl halides is 5. The van der Waals surface area contributed by atoms with Gasteiger partial charge < -0.3 is 4.74 Å². The Morgan fingerprint density at radius 1 is 1.11 bits per heavy atom. The first-order chi connectivity index (χ1) is 12.7. The first-order valence-corrected chi connectivity index (χ1v) is 8.85. The zero-order valence-electron chi connectivity index (χ0n) is 14.0. The van der Waals surface area contributed by atoms with Crippen molar-refractivity contribution in [2.45, 2.75) is 23.9 Å². The fraction of sp³-hybridized carbons (Fsp3) is 0.294. The van der Waals surface area contributed by atoms with E-state index in [-0.39, 0.29) is 11.3 Å². The molecule has 0 fully saturated rings. The number of hydrogen-bond donors (Lipinski definition) is 0. The topological polar surface area (TPSA) is 39.4 Å². The maximum atomic E-state index is 13.1. The fourth-order valence-corrected chi connectivity index (χ4v) is 3.14. The van der Waals surface area contributed by atoms with Gasteiger partial charge in [0.2, 0.25) is 0 Å². The molecule has 0 saturated carbocycles. The van der Waals surface area contributed by atoms with Crippen LogP contribution < -0.4 is 4.74 Å². The summed E-state index contributed by atoms with van der Waals surface area (Å²) in [5.41, 5.74) is 0.852. The Morgan fingerprint density at radius 3 is 2.59 bits per heavy atom. The zero-order valence-corrected chi connectivity index (χ0v) is 14.8. The van der Waals surface area contributed by atoms with Gasteiger partial charge in [0.15, 0.2) is 12.4 Å². The highest BCUT2D eigenvalue weighted by molar-refractivity contribution is 7.99. The molecule has 4 nitrogen and oxygen atoms in total. The summed E-state index contributed by atoms with van der Waals surface area (Å²) in [7, 11) is 0. The Hall–Kier alpha value is -2.36. The first kappa shape index (κ1) is 19.4. The van der Waals surface area contributed by atoms with Crippen molar-refractivity contribution in [2.75, 3.05) is 12.4 Å². The van der Waals surface area contributed by atoms with Gasteiger partial charge in [0.25, 0.3) is 0 Å². The normalized spacial score (nSPS) is 12.5. The average molecular weight is 403 g/mol. The van der Waals surface area contributed by atoms with Crippen molar-refractivity contribution < 1.29 is 26.7 Å². The van der Waals surface area contributed by atoms with E-state index in [4.69, 9.17) is 4.74 Å². The second-order valence-electron chi connectivity index (χ2n) is 5.48. The molecule has 0 aliphatic rings. The molecule has 0 spiro atoms. The maximum absolute atomic E-state index is 13.1. The molecule has 3 aromatic heterocycles. The second kappa shape index (κ2) is 7.34. The minimum Gasteiger partial charge on any atom is -0.485 e. The molecule has 0 unspecified atom stereocenters. The summed E-state index contributed by atoms with van der Waals surface area (Å²) < 4.78 is 69.6. The lowest BCUT2D eigenvalue weighted by Gasteiger charge is -2.20. The molecule has 0 aliphatic carbocycles. The Bertz CT molecular complexity index is 942. The van der Waals surface area contributed by atoms with Gasteiger partial charge in [0.1, 0.15) is 17.0 Å². The lowest BCUT2D eigenvalue weighted by atomic mass is 10.3. The lowest BCUT2D eigenvalue weighted by molar-refractivity contribution is -0.289. The van der Waals surface area contributed by atoms with Gasteiger partial charge in [-0.05, 0) is 30.0 Å². The molecule has 3 rings (SSSR count). The number of fused-ring (bicyclic) bond motifs is 1. The predicted octanol–water partition coefficient (Wildman–Crippen LogP) is 5.08. The van der Waals surface area contributed by atoms with Crippen LogP contribution in [0.5, 0.6) is 5.75 Å². The van der Waals surface area contributed by atoms with Crippen molar-refractivity contribution in [3.8, 4) is 17.3 Å². The van der Waals surface area contributed by atoms with E-state index in [1.807, 2.05) is 13.0 Å². The Morgan fingerprint density at radius 2 is 1.89 bits per heavy atom. The summed E-state index contributed by atoms with van der Waals surface area (Å²) in [6.07, 6.45) is -1.11. The van der Waals surface area contributed by atoms with E-state index < -0.39 is 18.7 Å².